The highest BCUT2D eigenvalue weighted by molar-refractivity contribution is 6.30. The van der Waals surface area contributed by atoms with Gasteiger partial charge in [-0.2, -0.15) is 0 Å². The van der Waals surface area contributed by atoms with E-state index >= 15 is 0 Å². The number of hydrogen-bond donors (Lipinski definition) is 2. The zero-order valence-corrected chi connectivity index (χ0v) is 16.0. The minimum Gasteiger partial charge on any atom is -0.478 e. The average molecular weight is 377 g/mol. The monoisotopic (exact) mass is 376 g/mol. The molecule has 1 aromatic carbocycles. The third kappa shape index (κ3) is 4.11. The zero-order chi connectivity index (χ0) is 18.7. The second-order valence-corrected chi connectivity index (χ2v) is 7.25. The number of hydrogen-bond acceptors (Lipinski definition) is 3. The molecular weight excluding hydrogens is 352 g/mol. The minimum absolute atomic E-state index is 0.234. The number of ether oxygens (including phenoxy) is 1. The minimum atomic E-state index is -0.885. The van der Waals surface area contributed by atoms with Crippen molar-refractivity contribution in [1.82, 2.24) is 9.88 Å². The number of aromatic carboxylic acids is 1. The fourth-order valence-electron chi connectivity index (χ4n) is 3.67. The summed E-state index contributed by atoms with van der Waals surface area (Å²) in [7, 11) is 0. The summed E-state index contributed by atoms with van der Waals surface area (Å²) >= 11 is 6.08. The third-order valence-corrected chi connectivity index (χ3v) is 5.29. The Balaban J connectivity index is 1.82. The second-order valence-electron chi connectivity index (χ2n) is 6.81. The molecule has 1 aliphatic rings. The normalized spacial score (nSPS) is 17.0. The molecule has 1 atom stereocenters. The summed E-state index contributed by atoms with van der Waals surface area (Å²) in [6.45, 7) is 6.54. The van der Waals surface area contributed by atoms with Gasteiger partial charge in [-0.1, -0.05) is 23.7 Å². The van der Waals surface area contributed by atoms with Crippen molar-refractivity contribution in [1.29, 1.82) is 0 Å². The molecule has 5 nitrogen and oxygen atoms in total. The van der Waals surface area contributed by atoms with E-state index in [9.17, 15) is 9.90 Å². The number of aromatic nitrogens is 1. The molecule has 1 aromatic heterocycles. The maximum atomic E-state index is 11.8. The molecule has 2 N–H and O–H groups in total. The van der Waals surface area contributed by atoms with Gasteiger partial charge in [0.2, 0.25) is 0 Å². The summed E-state index contributed by atoms with van der Waals surface area (Å²) in [6.07, 6.45) is 2.39. The Morgan fingerprint density at radius 3 is 2.85 bits per heavy atom. The van der Waals surface area contributed by atoms with Crippen molar-refractivity contribution in [2.45, 2.75) is 45.9 Å². The summed E-state index contributed by atoms with van der Waals surface area (Å²) in [5, 5.41) is 13.8. The van der Waals surface area contributed by atoms with Gasteiger partial charge in [-0.05, 0) is 44.4 Å². The molecule has 140 valence electrons. The Hall–Kier alpha value is -1.82. The van der Waals surface area contributed by atoms with E-state index in [-0.39, 0.29) is 6.10 Å². The highest BCUT2D eigenvalue weighted by atomic mass is 35.5. The fourth-order valence-corrected chi connectivity index (χ4v) is 3.88. The predicted molar refractivity (Wildman–Crippen MR) is 102 cm³/mol. The smallest absolute Gasteiger partial charge is 0.337 e. The maximum Gasteiger partial charge on any atom is 0.337 e. The molecule has 0 bridgehead atoms. The molecule has 0 spiro atoms. The summed E-state index contributed by atoms with van der Waals surface area (Å²) in [5.74, 6) is -0.885. The lowest BCUT2D eigenvalue weighted by Gasteiger charge is -2.12. The molecule has 6 heteroatoms. The Labute approximate surface area is 158 Å². The number of nitrogens with zero attached hydrogens (tertiary/aromatic N) is 1. The van der Waals surface area contributed by atoms with Crippen LogP contribution in [0.4, 0.5) is 0 Å². The van der Waals surface area contributed by atoms with Gasteiger partial charge in [0, 0.05) is 48.2 Å². The first-order valence-electron chi connectivity index (χ1n) is 8.96. The van der Waals surface area contributed by atoms with E-state index < -0.39 is 5.97 Å². The van der Waals surface area contributed by atoms with Crippen molar-refractivity contribution in [3.63, 3.8) is 0 Å². The molecule has 1 fully saturated rings. The lowest BCUT2D eigenvalue weighted by molar-refractivity contribution is 0.0694. The Bertz CT molecular complexity index is 795. The van der Waals surface area contributed by atoms with Crippen LogP contribution in [0.1, 0.15) is 45.7 Å². The highest BCUT2D eigenvalue weighted by Gasteiger charge is 2.23. The third-order valence-electron chi connectivity index (χ3n) is 5.05. The molecule has 0 aliphatic carbocycles. The summed E-state index contributed by atoms with van der Waals surface area (Å²) in [5.41, 5.74) is 4.03. The van der Waals surface area contributed by atoms with Crippen molar-refractivity contribution < 1.29 is 14.6 Å². The van der Waals surface area contributed by atoms with Gasteiger partial charge in [0.15, 0.2) is 0 Å². The first kappa shape index (κ1) is 19.0. The van der Waals surface area contributed by atoms with Crippen molar-refractivity contribution in [3.05, 3.63) is 57.4 Å². The van der Waals surface area contributed by atoms with Crippen LogP contribution in [0.5, 0.6) is 0 Å². The van der Waals surface area contributed by atoms with Gasteiger partial charge in [0.25, 0.3) is 0 Å². The number of carbonyl (C=O) groups is 1. The van der Waals surface area contributed by atoms with E-state index in [4.69, 9.17) is 16.3 Å². The second kappa shape index (κ2) is 8.25. The summed E-state index contributed by atoms with van der Waals surface area (Å²) in [6, 6.07) is 7.66. The van der Waals surface area contributed by atoms with Crippen molar-refractivity contribution in [2.24, 2.45) is 0 Å². The molecule has 1 aliphatic heterocycles. The van der Waals surface area contributed by atoms with Crippen LogP contribution in [0.3, 0.4) is 0 Å². The van der Waals surface area contributed by atoms with Gasteiger partial charge in [-0.25, -0.2) is 4.79 Å². The van der Waals surface area contributed by atoms with Gasteiger partial charge in [0.1, 0.15) is 0 Å². The zero-order valence-electron chi connectivity index (χ0n) is 15.2. The first-order chi connectivity index (χ1) is 12.5. The molecule has 26 heavy (non-hydrogen) atoms. The van der Waals surface area contributed by atoms with E-state index in [2.05, 4.69) is 9.88 Å². The molecule has 2 heterocycles. The van der Waals surface area contributed by atoms with Crippen molar-refractivity contribution in [3.8, 4) is 0 Å². The molecule has 0 radical (unpaired) electrons. The van der Waals surface area contributed by atoms with E-state index in [1.54, 1.807) is 0 Å². The number of benzene rings is 1. The van der Waals surface area contributed by atoms with Crippen molar-refractivity contribution in [2.75, 3.05) is 13.2 Å². The first-order valence-corrected chi connectivity index (χ1v) is 9.33. The molecule has 0 amide bonds. The van der Waals surface area contributed by atoms with Crippen LogP contribution in [0.15, 0.2) is 24.3 Å². The standard InChI is InChI=1S/C20H25ClN2O3/c1-13-18(11-22-10-17-7-4-8-26-17)19(20(24)25)14(2)23(13)12-15-5-3-6-16(21)9-15/h3,5-6,9,17,22H,4,7-8,10-12H2,1-2H3,(H,24,25)/t17-/m1/s1. The van der Waals surface area contributed by atoms with Gasteiger partial charge < -0.3 is 19.7 Å². The number of rotatable bonds is 7. The lowest BCUT2D eigenvalue weighted by atomic mass is 10.1. The van der Waals surface area contributed by atoms with Crippen LogP contribution in [-0.2, 0) is 17.8 Å². The topological polar surface area (TPSA) is 63.5 Å². The Kier molecular flexibility index (Phi) is 6.01. The molecule has 0 unspecified atom stereocenters. The van der Waals surface area contributed by atoms with Crippen LogP contribution in [-0.4, -0.2) is 34.9 Å². The number of nitrogens with one attached hydrogen (secondary N) is 1. The van der Waals surface area contributed by atoms with E-state index in [0.29, 0.717) is 23.7 Å². The largest absolute Gasteiger partial charge is 0.478 e. The summed E-state index contributed by atoms with van der Waals surface area (Å²) in [4.78, 5) is 11.8. The van der Waals surface area contributed by atoms with E-state index in [1.807, 2.05) is 38.1 Å². The fraction of sp³-hybridized carbons (Fsp3) is 0.450. The number of carboxylic acid groups (broad SMARTS) is 1. The quantitative estimate of drug-likeness (QED) is 0.772. The van der Waals surface area contributed by atoms with Crippen LogP contribution < -0.4 is 5.32 Å². The van der Waals surface area contributed by atoms with E-state index in [0.717, 1.165) is 48.5 Å². The van der Waals surface area contributed by atoms with Gasteiger partial charge in [0.05, 0.1) is 11.7 Å². The SMILES string of the molecule is Cc1c(CNC[C@H]2CCCO2)c(C(=O)O)c(C)n1Cc1cccc(Cl)c1. The maximum absolute atomic E-state index is 11.8. The highest BCUT2D eigenvalue weighted by Crippen LogP contribution is 2.24. The lowest BCUT2D eigenvalue weighted by Crippen LogP contribution is -2.26. The van der Waals surface area contributed by atoms with Crippen LogP contribution in [0.25, 0.3) is 0 Å². The molecule has 3 rings (SSSR count). The van der Waals surface area contributed by atoms with Crippen LogP contribution in [0, 0.1) is 13.8 Å². The van der Waals surface area contributed by atoms with Gasteiger partial charge in [-0.3, -0.25) is 0 Å². The molecular formula is C20H25ClN2O3. The molecule has 0 saturated carbocycles. The number of carboxylic acids is 1. The van der Waals surface area contributed by atoms with Crippen molar-refractivity contribution >= 4 is 17.6 Å². The predicted octanol–water partition coefficient (Wildman–Crippen LogP) is 3.77. The molecule has 2 aromatic rings. The van der Waals surface area contributed by atoms with E-state index in [1.165, 1.54) is 0 Å². The molecule has 1 saturated heterocycles. The Morgan fingerprint density at radius 2 is 2.19 bits per heavy atom. The average Bonchev–Trinajstić information content (AvgIpc) is 3.18. The van der Waals surface area contributed by atoms with Gasteiger partial charge >= 0.3 is 5.97 Å². The Morgan fingerprint density at radius 1 is 1.38 bits per heavy atom. The number of halogens is 1. The van der Waals surface area contributed by atoms with Crippen LogP contribution >= 0.6 is 11.6 Å². The van der Waals surface area contributed by atoms with Crippen LogP contribution in [0.2, 0.25) is 5.02 Å². The van der Waals surface area contributed by atoms with Gasteiger partial charge in [-0.15, -0.1) is 0 Å². The summed E-state index contributed by atoms with van der Waals surface area (Å²) < 4.78 is 7.68.